The van der Waals surface area contributed by atoms with Gasteiger partial charge in [-0.3, -0.25) is 19.2 Å². The highest BCUT2D eigenvalue weighted by Gasteiger charge is 2.20. The molecule has 0 fully saturated rings. The fourth-order valence-corrected chi connectivity index (χ4v) is 1.41. The molecule has 0 bridgehead atoms. The van der Waals surface area contributed by atoms with Gasteiger partial charge in [-0.2, -0.15) is 12.6 Å². The Kier molecular flexibility index (Phi) is 11.1. The SMILES string of the molecule is NC(CCC(=O)NC(CS)C(=O)NCC(=O)O)C(=O)O.O. The molecule has 0 saturated carbocycles. The van der Waals surface area contributed by atoms with E-state index < -0.39 is 42.4 Å². The summed E-state index contributed by atoms with van der Waals surface area (Å²) >= 11 is 3.87. The molecule has 122 valence electrons. The van der Waals surface area contributed by atoms with Crippen LogP contribution in [0, 0.1) is 0 Å². The Morgan fingerprint density at radius 2 is 1.76 bits per heavy atom. The molecule has 0 saturated heterocycles. The van der Waals surface area contributed by atoms with Gasteiger partial charge in [-0.25, -0.2) is 0 Å². The summed E-state index contributed by atoms with van der Waals surface area (Å²) in [4.78, 5) is 43.7. The summed E-state index contributed by atoms with van der Waals surface area (Å²) in [5, 5.41) is 21.4. The van der Waals surface area contributed by atoms with Crippen molar-refractivity contribution in [2.45, 2.75) is 24.9 Å². The lowest BCUT2D eigenvalue weighted by atomic mass is 10.1. The second kappa shape index (κ2) is 10.9. The highest BCUT2D eigenvalue weighted by atomic mass is 32.1. The number of carbonyl (C=O) groups is 4. The van der Waals surface area contributed by atoms with Crippen molar-refractivity contribution in [1.29, 1.82) is 0 Å². The van der Waals surface area contributed by atoms with Crippen molar-refractivity contribution in [2.24, 2.45) is 5.73 Å². The molecule has 2 atom stereocenters. The zero-order valence-corrected chi connectivity index (χ0v) is 11.9. The monoisotopic (exact) mass is 325 g/mol. The van der Waals surface area contributed by atoms with Gasteiger partial charge in [0, 0.05) is 12.2 Å². The van der Waals surface area contributed by atoms with Crippen LogP contribution in [-0.2, 0) is 19.2 Å². The van der Waals surface area contributed by atoms with Crippen molar-refractivity contribution in [3.8, 4) is 0 Å². The van der Waals surface area contributed by atoms with E-state index in [-0.39, 0.29) is 24.1 Å². The Bertz CT molecular complexity index is 391. The minimum Gasteiger partial charge on any atom is -0.480 e. The zero-order valence-electron chi connectivity index (χ0n) is 11.0. The van der Waals surface area contributed by atoms with Crippen molar-refractivity contribution >= 4 is 36.4 Å². The maximum absolute atomic E-state index is 11.5. The summed E-state index contributed by atoms with van der Waals surface area (Å²) in [6, 6.07) is -2.15. The standard InChI is InChI=1S/C10H17N3O6S.H2O/c11-5(10(18)19)1-2-7(14)13-6(4-20)9(17)12-3-8(15)16;/h5-6,20H,1-4,11H2,(H,12,17)(H,13,14)(H,15,16)(H,18,19);1H2. The van der Waals surface area contributed by atoms with Gasteiger partial charge in [-0.1, -0.05) is 0 Å². The molecule has 21 heavy (non-hydrogen) atoms. The Morgan fingerprint density at radius 3 is 2.19 bits per heavy atom. The Morgan fingerprint density at radius 1 is 1.19 bits per heavy atom. The van der Waals surface area contributed by atoms with Crippen LogP contribution in [0.3, 0.4) is 0 Å². The lowest BCUT2D eigenvalue weighted by molar-refractivity contribution is -0.139. The smallest absolute Gasteiger partial charge is 0.322 e. The molecule has 0 radical (unpaired) electrons. The van der Waals surface area contributed by atoms with Crippen LogP contribution in [0.5, 0.6) is 0 Å². The third-order valence-corrected chi connectivity index (χ3v) is 2.61. The molecule has 2 amide bonds. The molecular weight excluding hydrogens is 306 g/mol. The quantitative estimate of drug-likeness (QED) is 0.243. The molecule has 2 unspecified atom stereocenters. The predicted octanol–water partition coefficient (Wildman–Crippen LogP) is -3.03. The Hall–Kier alpha value is -1.85. The van der Waals surface area contributed by atoms with Crippen LogP contribution in [0.1, 0.15) is 12.8 Å². The van der Waals surface area contributed by atoms with E-state index in [9.17, 15) is 19.2 Å². The summed E-state index contributed by atoms with van der Waals surface area (Å²) < 4.78 is 0. The van der Waals surface area contributed by atoms with E-state index in [0.29, 0.717) is 0 Å². The van der Waals surface area contributed by atoms with Crippen LogP contribution in [0.15, 0.2) is 0 Å². The summed E-state index contributed by atoms with van der Waals surface area (Å²) in [5.41, 5.74) is 5.23. The number of carbonyl (C=O) groups excluding carboxylic acids is 2. The molecule has 10 nitrogen and oxygen atoms in total. The average Bonchev–Trinajstić information content (AvgIpc) is 2.38. The molecule has 0 aromatic heterocycles. The third-order valence-electron chi connectivity index (χ3n) is 2.25. The summed E-state index contributed by atoms with van der Waals surface area (Å²) in [6.45, 7) is -0.567. The number of carboxylic acids is 2. The van der Waals surface area contributed by atoms with Crippen molar-refractivity contribution in [3.63, 3.8) is 0 Å². The molecule has 0 aromatic carbocycles. The van der Waals surface area contributed by atoms with E-state index in [1.54, 1.807) is 0 Å². The van der Waals surface area contributed by atoms with Crippen LogP contribution in [-0.4, -0.2) is 63.8 Å². The minimum atomic E-state index is -1.22. The number of rotatable bonds is 9. The summed E-state index contributed by atoms with van der Waals surface area (Å²) in [6.07, 6.45) is -0.235. The molecule has 0 heterocycles. The number of carboxylic acid groups (broad SMARTS) is 2. The number of nitrogens with one attached hydrogen (secondary N) is 2. The van der Waals surface area contributed by atoms with E-state index in [0.717, 1.165) is 0 Å². The van der Waals surface area contributed by atoms with Gasteiger partial charge in [-0.15, -0.1) is 0 Å². The van der Waals surface area contributed by atoms with E-state index in [2.05, 4.69) is 23.3 Å². The van der Waals surface area contributed by atoms with Gasteiger partial charge in [0.15, 0.2) is 0 Å². The molecule has 11 heteroatoms. The van der Waals surface area contributed by atoms with Crippen LogP contribution in [0.4, 0.5) is 0 Å². The second-order valence-corrected chi connectivity index (χ2v) is 4.26. The van der Waals surface area contributed by atoms with Crippen molar-refractivity contribution in [3.05, 3.63) is 0 Å². The summed E-state index contributed by atoms with van der Waals surface area (Å²) in [5.74, 6) is -3.70. The fraction of sp³-hybridized carbons (Fsp3) is 0.600. The zero-order chi connectivity index (χ0) is 15.7. The third kappa shape index (κ3) is 9.65. The first-order valence-electron chi connectivity index (χ1n) is 5.66. The lowest BCUT2D eigenvalue weighted by Crippen LogP contribution is -2.49. The largest absolute Gasteiger partial charge is 0.480 e. The average molecular weight is 325 g/mol. The predicted molar refractivity (Wildman–Crippen MR) is 74.9 cm³/mol. The van der Waals surface area contributed by atoms with Gasteiger partial charge in [0.25, 0.3) is 0 Å². The Labute approximate surface area is 125 Å². The highest BCUT2D eigenvalue weighted by molar-refractivity contribution is 7.80. The fourth-order valence-electron chi connectivity index (χ4n) is 1.16. The normalized spacial score (nSPS) is 12.5. The maximum Gasteiger partial charge on any atom is 0.322 e. The van der Waals surface area contributed by atoms with Crippen LogP contribution in [0.25, 0.3) is 0 Å². The maximum atomic E-state index is 11.5. The molecule has 0 aliphatic rings. The molecule has 0 aliphatic heterocycles. The molecule has 0 spiro atoms. The topological polar surface area (TPSA) is 190 Å². The number of hydrogen-bond donors (Lipinski definition) is 6. The molecule has 0 aromatic rings. The highest BCUT2D eigenvalue weighted by Crippen LogP contribution is 1.97. The van der Waals surface area contributed by atoms with Crippen molar-refractivity contribution in [1.82, 2.24) is 10.6 Å². The molecule has 0 rings (SSSR count). The van der Waals surface area contributed by atoms with Gasteiger partial charge in [0.1, 0.15) is 18.6 Å². The number of nitrogens with two attached hydrogens (primary N) is 1. The Balaban J connectivity index is 0. The summed E-state index contributed by atoms with van der Waals surface area (Å²) in [7, 11) is 0. The first kappa shape index (κ1) is 21.4. The number of amides is 2. The second-order valence-electron chi connectivity index (χ2n) is 3.90. The van der Waals surface area contributed by atoms with Crippen LogP contribution in [0.2, 0.25) is 0 Å². The first-order valence-corrected chi connectivity index (χ1v) is 6.29. The van der Waals surface area contributed by atoms with Crippen LogP contribution >= 0.6 is 12.6 Å². The van der Waals surface area contributed by atoms with E-state index >= 15 is 0 Å². The molecule has 0 aliphatic carbocycles. The van der Waals surface area contributed by atoms with E-state index in [1.807, 2.05) is 0 Å². The van der Waals surface area contributed by atoms with Gasteiger partial charge in [0.05, 0.1) is 0 Å². The molecular formula is C10H19N3O7S. The number of hydrogen-bond acceptors (Lipinski definition) is 6. The molecule has 8 N–H and O–H groups in total. The number of thiol groups is 1. The van der Waals surface area contributed by atoms with E-state index in [1.165, 1.54) is 0 Å². The first-order chi connectivity index (χ1) is 9.27. The van der Waals surface area contributed by atoms with Gasteiger partial charge in [0.2, 0.25) is 11.8 Å². The number of aliphatic carboxylic acids is 2. The van der Waals surface area contributed by atoms with Gasteiger partial charge < -0.3 is 32.1 Å². The van der Waals surface area contributed by atoms with E-state index in [4.69, 9.17) is 15.9 Å². The van der Waals surface area contributed by atoms with Crippen molar-refractivity contribution < 1.29 is 34.9 Å². The van der Waals surface area contributed by atoms with Crippen LogP contribution < -0.4 is 16.4 Å². The van der Waals surface area contributed by atoms with Crippen molar-refractivity contribution in [2.75, 3.05) is 12.3 Å². The van der Waals surface area contributed by atoms with Gasteiger partial charge in [-0.05, 0) is 6.42 Å². The lowest BCUT2D eigenvalue weighted by Gasteiger charge is -2.16. The van der Waals surface area contributed by atoms with Gasteiger partial charge >= 0.3 is 11.9 Å². The minimum absolute atomic E-state index is 0.